The quantitative estimate of drug-likeness (QED) is 0.710. The maximum absolute atomic E-state index is 15.1. The van der Waals surface area contributed by atoms with Crippen molar-refractivity contribution in [1.82, 2.24) is 14.7 Å². The highest BCUT2D eigenvalue weighted by atomic mass is 19.3. The summed E-state index contributed by atoms with van der Waals surface area (Å²) in [5, 5.41) is 15.1. The lowest BCUT2D eigenvalue weighted by Crippen LogP contribution is -2.45. The number of ether oxygens (including phenoxy) is 2. The standard InChI is InChI=1S/C20H29F4N3O4/c1-12-7-14-13(8-26(12)17(28)31-18(2,3)4)16-20(23,24)6-5-19(29,10-27(16)25-14)11-30-9-15(21)22/h12,15,29H,5-11H2,1-4H3/t12-,19+/m1/s1. The third-order valence-electron chi connectivity index (χ3n) is 5.42. The zero-order valence-corrected chi connectivity index (χ0v) is 18.1. The van der Waals surface area contributed by atoms with Crippen molar-refractivity contribution in [2.75, 3.05) is 13.2 Å². The number of halogens is 4. The van der Waals surface area contributed by atoms with E-state index in [-0.39, 0.29) is 43.2 Å². The van der Waals surface area contributed by atoms with Gasteiger partial charge in [-0.3, -0.25) is 4.68 Å². The minimum absolute atomic E-state index is 0.0867. The Balaban J connectivity index is 1.89. The zero-order chi connectivity index (χ0) is 23.2. The van der Waals surface area contributed by atoms with Gasteiger partial charge in [-0.05, 0) is 34.1 Å². The molecule has 1 aromatic rings. The number of aliphatic hydroxyl groups is 1. The number of nitrogens with zero attached hydrogens (tertiary/aromatic N) is 3. The SMILES string of the molecule is C[C@@H]1Cc2nn3c(c2CN1C(=O)OC(C)(C)C)C(F)(F)CC[C@@](O)(COCC(F)F)C3. The van der Waals surface area contributed by atoms with Crippen LogP contribution in [0.15, 0.2) is 0 Å². The van der Waals surface area contributed by atoms with Crippen LogP contribution < -0.4 is 0 Å². The number of amides is 1. The third kappa shape index (κ3) is 5.31. The third-order valence-corrected chi connectivity index (χ3v) is 5.42. The van der Waals surface area contributed by atoms with Crippen LogP contribution in [0, 0.1) is 0 Å². The fourth-order valence-corrected chi connectivity index (χ4v) is 4.01. The Kier molecular flexibility index (Phi) is 6.31. The largest absolute Gasteiger partial charge is 0.444 e. The van der Waals surface area contributed by atoms with Gasteiger partial charge in [-0.2, -0.15) is 13.9 Å². The molecule has 1 amide bonds. The maximum Gasteiger partial charge on any atom is 0.410 e. The number of rotatable bonds is 4. The van der Waals surface area contributed by atoms with Gasteiger partial charge in [-0.1, -0.05) is 0 Å². The molecule has 0 saturated carbocycles. The molecule has 11 heteroatoms. The average molecular weight is 451 g/mol. The fraction of sp³-hybridized carbons (Fsp3) is 0.800. The zero-order valence-electron chi connectivity index (χ0n) is 18.1. The number of aromatic nitrogens is 2. The van der Waals surface area contributed by atoms with E-state index in [1.807, 2.05) is 0 Å². The van der Waals surface area contributed by atoms with Gasteiger partial charge >= 0.3 is 6.09 Å². The van der Waals surface area contributed by atoms with Gasteiger partial charge in [0.15, 0.2) is 0 Å². The molecule has 0 unspecified atom stereocenters. The van der Waals surface area contributed by atoms with E-state index in [9.17, 15) is 18.7 Å². The first-order valence-corrected chi connectivity index (χ1v) is 10.3. The average Bonchev–Trinajstić information content (AvgIpc) is 2.90. The van der Waals surface area contributed by atoms with Gasteiger partial charge in [0.1, 0.15) is 23.5 Å². The van der Waals surface area contributed by atoms with E-state index in [1.165, 1.54) is 4.90 Å². The number of carbonyl (C=O) groups is 1. The maximum atomic E-state index is 15.1. The molecule has 2 aliphatic heterocycles. The van der Waals surface area contributed by atoms with Crippen molar-refractivity contribution in [2.45, 2.75) is 89.6 Å². The number of alkyl halides is 4. The van der Waals surface area contributed by atoms with Crippen molar-refractivity contribution in [3.63, 3.8) is 0 Å². The van der Waals surface area contributed by atoms with E-state index < -0.39 is 49.3 Å². The van der Waals surface area contributed by atoms with Crippen LogP contribution in [0.4, 0.5) is 22.4 Å². The number of hydrogen-bond donors (Lipinski definition) is 1. The summed E-state index contributed by atoms with van der Waals surface area (Å²) in [6.45, 7) is 5.17. The Bertz CT molecular complexity index is 824. The van der Waals surface area contributed by atoms with E-state index in [2.05, 4.69) is 5.10 Å². The molecule has 1 aromatic heterocycles. The van der Waals surface area contributed by atoms with E-state index in [0.29, 0.717) is 5.69 Å². The van der Waals surface area contributed by atoms with Crippen molar-refractivity contribution < 1.29 is 36.9 Å². The van der Waals surface area contributed by atoms with Crippen molar-refractivity contribution in [3.05, 3.63) is 17.0 Å². The van der Waals surface area contributed by atoms with Gasteiger partial charge in [0.05, 0.1) is 25.4 Å². The molecule has 0 bridgehead atoms. The molecule has 176 valence electrons. The molecule has 0 spiro atoms. The minimum Gasteiger partial charge on any atom is -0.444 e. The summed E-state index contributed by atoms with van der Waals surface area (Å²) in [6, 6.07) is -0.316. The lowest BCUT2D eigenvalue weighted by atomic mass is 9.94. The fourth-order valence-electron chi connectivity index (χ4n) is 4.01. The molecule has 0 fully saturated rings. The molecule has 0 radical (unpaired) electrons. The molecule has 3 rings (SSSR count). The monoisotopic (exact) mass is 451 g/mol. The first-order valence-electron chi connectivity index (χ1n) is 10.3. The van der Waals surface area contributed by atoms with Crippen molar-refractivity contribution in [2.24, 2.45) is 0 Å². The van der Waals surface area contributed by atoms with Gasteiger partial charge in [0.2, 0.25) is 0 Å². The van der Waals surface area contributed by atoms with Crippen molar-refractivity contribution in [1.29, 1.82) is 0 Å². The summed E-state index contributed by atoms with van der Waals surface area (Å²) in [4.78, 5) is 14.0. The van der Waals surface area contributed by atoms with Crippen molar-refractivity contribution in [3.8, 4) is 0 Å². The van der Waals surface area contributed by atoms with Crippen LogP contribution in [-0.4, -0.2) is 62.8 Å². The van der Waals surface area contributed by atoms with E-state index in [4.69, 9.17) is 9.47 Å². The van der Waals surface area contributed by atoms with Gasteiger partial charge in [-0.25, -0.2) is 13.6 Å². The summed E-state index contributed by atoms with van der Waals surface area (Å²) < 4.78 is 66.2. The Hall–Kier alpha value is -1.88. The Labute approximate surface area is 178 Å². The summed E-state index contributed by atoms with van der Waals surface area (Å²) in [5.74, 6) is -3.31. The summed E-state index contributed by atoms with van der Waals surface area (Å²) >= 11 is 0. The van der Waals surface area contributed by atoms with Crippen LogP contribution in [0.25, 0.3) is 0 Å². The topological polar surface area (TPSA) is 76.8 Å². The minimum atomic E-state index is -3.31. The lowest BCUT2D eigenvalue weighted by Gasteiger charge is -2.35. The Morgan fingerprint density at radius 3 is 2.61 bits per heavy atom. The second-order valence-electron chi connectivity index (χ2n) is 9.43. The van der Waals surface area contributed by atoms with E-state index in [1.54, 1.807) is 27.7 Å². The highest BCUT2D eigenvalue weighted by Gasteiger charge is 2.48. The molecule has 0 aromatic carbocycles. The van der Waals surface area contributed by atoms with Gasteiger partial charge in [0, 0.05) is 24.4 Å². The van der Waals surface area contributed by atoms with Gasteiger partial charge in [0.25, 0.3) is 12.3 Å². The highest BCUT2D eigenvalue weighted by Crippen LogP contribution is 2.43. The molecule has 31 heavy (non-hydrogen) atoms. The number of carbonyl (C=O) groups excluding carboxylic acids is 1. The lowest BCUT2D eigenvalue weighted by molar-refractivity contribution is -0.0927. The predicted octanol–water partition coefficient (Wildman–Crippen LogP) is 3.46. The second-order valence-corrected chi connectivity index (χ2v) is 9.43. The normalized spacial score (nSPS) is 25.7. The number of hydrogen-bond acceptors (Lipinski definition) is 5. The molecule has 2 aliphatic rings. The predicted molar refractivity (Wildman–Crippen MR) is 102 cm³/mol. The van der Waals surface area contributed by atoms with E-state index >= 15 is 8.78 Å². The smallest absolute Gasteiger partial charge is 0.410 e. The van der Waals surface area contributed by atoms with Crippen LogP contribution in [0.1, 0.15) is 57.5 Å². The highest BCUT2D eigenvalue weighted by molar-refractivity contribution is 5.69. The first-order chi connectivity index (χ1) is 14.2. The molecule has 0 aliphatic carbocycles. The molecule has 0 saturated heterocycles. The molecule has 2 atom stereocenters. The summed E-state index contributed by atoms with van der Waals surface area (Å²) in [7, 11) is 0. The van der Waals surface area contributed by atoms with Crippen LogP contribution in [0.5, 0.6) is 0 Å². The summed E-state index contributed by atoms with van der Waals surface area (Å²) in [6.07, 6.45) is -4.09. The number of fused-ring (bicyclic) bond motifs is 3. The Morgan fingerprint density at radius 1 is 1.32 bits per heavy atom. The molecule has 1 N–H and O–H groups in total. The van der Waals surface area contributed by atoms with Crippen LogP contribution >= 0.6 is 0 Å². The van der Waals surface area contributed by atoms with Crippen molar-refractivity contribution >= 4 is 6.09 Å². The van der Waals surface area contributed by atoms with Crippen LogP contribution in [0.3, 0.4) is 0 Å². The van der Waals surface area contributed by atoms with Gasteiger partial charge < -0.3 is 19.5 Å². The first kappa shape index (κ1) is 23.8. The second kappa shape index (κ2) is 8.23. The molecular formula is C20H29F4N3O4. The van der Waals surface area contributed by atoms with E-state index in [0.717, 1.165) is 4.68 Å². The van der Waals surface area contributed by atoms with Gasteiger partial charge in [-0.15, -0.1) is 0 Å². The molecule has 3 heterocycles. The molecule has 7 nitrogen and oxygen atoms in total. The molecular weight excluding hydrogens is 422 g/mol. The summed E-state index contributed by atoms with van der Waals surface area (Å²) in [5.41, 5.74) is -2.17. The Morgan fingerprint density at radius 2 is 2.00 bits per heavy atom. The van der Waals surface area contributed by atoms with Crippen LogP contribution in [-0.2, 0) is 34.9 Å². The van der Waals surface area contributed by atoms with Crippen LogP contribution in [0.2, 0.25) is 0 Å².